The summed E-state index contributed by atoms with van der Waals surface area (Å²) >= 11 is 0. The highest BCUT2D eigenvalue weighted by Gasteiger charge is 2.22. The van der Waals surface area contributed by atoms with E-state index in [9.17, 15) is 5.11 Å². The van der Waals surface area contributed by atoms with Crippen molar-refractivity contribution in [3.63, 3.8) is 0 Å². The zero-order valence-corrected chi connectivity index (χ0v) is 20.4. The lowest BCUT2D eigenvalue weighted by Crippen LogP contribution is -2.26. The van der Waals surface area contributed by atoms with Crippen LogP contribution in [0, 0.1) is 0 Å². The van der Waals surface area contributed by atoms with Crippen LogP contribution in [-0.2, 0) is 23.7 Å². The molecule has 1 saturated heterocycles. The number of ether oxygens (including phenoxy) is 5. The fourth-order valence-corrected chi connectivity index (χ4v) is 3.21. The van der Waals surface area contributed by atoms with Crippen molar-refractivity contribution in [1.29, 1.82) is 0 Å². The highest BCUT2D eigenvalue weighted by Crippen LogP contribution is 2.21. The largest absolute Gasteiger partial charge is 0.394 e. The monoisotopic (exact) mass is 448 g/mol. The van der Waals surface area contributed by atoms with Crippen molar-refractivity contribution in [2.24, 2.45) is 0 Å². The van der Waals surface area contributed by atoms with Crippen LogP contribution in [0.3, 0.4) is 0 Å². The molecule has 2 unspecified atom stereocenters. The van der Waals surface area contributed by atoms with E-state index in [1.54, 1.807) is 0 Å². The molecule has 0 amide bonds. The lowest BCUT2D eigenvalue weighted by atomic mass is 10.00. The van der Waals surface area contributed by atoms with Gasteiger partial charge in [0.25, 0.3) is 0 Å². The normalized spacial score (nSPS) is 17.8. The van der Waals surface area contributed by atoms with Crippen molar-refractivity contribution in [1.82, 2.24) is 0 Å². The van der Waals surface area contributed by atoms with Crippen molar-refractivity contribution in [3.8, 4) is 0 Å². The second-order valence-corrected chi connectivity index (χ2v) is 9.78. The number of hydrogen-bond acceptors (Lipinski definition) is 7. The van der Waals surface area contributed by atoms with Crippen LogP contribution in [0.4, 0.5) is 0 Å². The predicted octanol–water partition coefficient (Wildman–Crippen LogP) is 3.48. The lowest BCUT2D eigenvalue weighted by Gasteiger charge is -2.27. The Labute approximate surface area is 189 Å². The maximum absolute atomic E-state index is 9.20. The lowest BCUT2D eigenvalue weighted by molar-refractivity contribution is -0.0411. The molecular weight excluding hydrogens is 400 g/mol. The summed E-state index contributed by atoms with van der Waals surface area (Å²) in [7, 11) is 0. The van der Waals surface area contributed by atoms with Gasteiger partial charge in [0.2, 0.25) is 0 Å². The first-order chi connectivity index (χ1) is 14.7. The van der Waals surface area contributed by atoms with E-state index in [1.165, 1.54) is 0 Å². The molecule has 2 N–H and O–H groups in total. The summed E-state index contributed by atoms with van der Waals surface area (Å²) in [4.78, 5) is 0. The van der Waals surface area contributed by atoms with Crippen molar-refractivity contribution in [3.05, 3.63) is 0 Å². The van der Waals surface area contributed by atoms with Gasteiger partial charge in [0, 0.05) is 26.4 Å². The van der Waals surface area contributed by atoms with E-state index in [0.717, 1.165) is 77.8 Å². The molecule has 2 atom stereocenters. The van der Waals surface area contributed by atoms with Gasteiger partial charge in [-0.05, 0) is 79.1 Å². The number of hydrogen-bond donors (Lipinski definition) is 2. The Hall–Kier alpha value is -0.280. The summed E-state index contributed by atoms with van der Waals surface area (Å²) in [6.45, 7) is 13.0. The molecule has 0 saturated carbocycles. The van der Waals surface area contributed by atoms with Gasteiger partial charge in [-0.25, -0.2) is 0 Å². The van der Waals surface area contributed by atoms with Crippen LogP contribution in [0.1, 0.15) is 79.1 Å². The molecule has 0 bridgehead atoms. The molecule has 0 aromatic heterocycles. The number of aliphatic hydroxyl groups is 2. The summed E-state index contributed by atoms with van der Waals surface area (Å²) in [5, 5.41) is 17.9. The zero-order valence-electron chi connectivity index (χ0n) is 20.4. The minimum absolute atomic E-state index is 0.0824. The molecule has 1 rings (SSSR count). The van der Waals surface area contributed by atoms with E-state index in [-0.39, 0.29) is 24.4 Å². The second kappa shape index (κ2) is 16.4. The highest BCUT2D eigenvalue weighted by atomic mass is 16.6. The number of aliphatic hydroxyl groups excluding tert-OH is 2. The molecule has 0 aromatic rings. The molecule has 0 spiro atoms. The summed E-state index contributed by atoms with van der Waals surface area (Å²) in [6.07, 6.45) is 7.77. The highest BCUT2D eigenvalue weighted by molar-refractivity contribution is 4.71. The number of rotatable bonds is 22. The van der Waals surface area contributed by atoms with E-state index in [0.29, 0.717) is 19.3 Å². The van der Waals surface area contributed by atoms with E-state index >= 15 is 0 Å². The molecule has 1 aliphatic rings. The molecule has 0 radical (unpaired) electrons. The second-order valence-electron chi connectivity index (χ2n) is 9.78. The Morgan fingerprint density at radius 2 is 1.29 bits per heavy atom. The van der Waals surface area contributed by atoms with Gasteiger partial charge in [0.15, 0.2) is 0 Å². The number of unbranched alkanes of at least 4 members (excludes halogenated alkanes) is 3. The number of epoxide rings is 1. The van der Waals surface area contributed by atoms with Crippen molar-refractivity contribution >= 4 is 0 Å². The Morgan fingerprint density at radius 3 is 1.84 bits per heavy atom. The molecule has 186 valence electrons. The van der Waals surface area contributed by atoms with Crippen LogP contribution in [0.15, 0.2) is 0 Å². The van der Waals surface area contributed by atoms with Crippen molar-refractivity contribution in [2.75, 3.05) is 52.9 Å². The van der Waals surface area contributed by atoms with Crippen LogP contribution in [-0.4, -0.2) is 86.5 Å². The fraction of sp³-hybridized carbons (Fsp3) is 1.00. The Balaban J connectivity index is 1.92. The molecule has 1 fully saturated rings. The summed E-state index contributed by atoms with van der Waals surface area (Å²) in [5.41, 5.74) is -0.212. The minimum atomic E-state index is -0.781. The molecule has 7 nitrogen and oxygen atoms in total. The molecule has 1 aliphatic heterocycles. The van der Waals surface area contributed by atoms with E-state index in [2.05, 4.69) is 27.7 Å². The van der Waals surface area contributed by atoms with Crippen molar-refractivity contribution < 1.29 is 33.9 Å². The topological polar surface area (TPSA) is 89.9 Å². The first kappa shape index (κ1) is 28.8. The van der Waals surface area contributed by atoms with Crippen LogP contribution in [0.2, 0.25) is 0 Å². The maximum Gasteiger partial charge on any atom is 0.104 e. The molecule has 7 heteroatoms. The van der Waals surface area contributed by atoms with Gasteiger partial charge in [-0.3, -0.25) is 0 Å². The van der Waals surface area contributed by atoms with E-state index < -0.39 is 6.10 Å². The van der Waals surface area contributed by atoms with Gasteiger partial charge < -0.3 is 33.9 Å². The molecule has 1 heterocycles. The SMILES string of the molecule is CC(C)(CCCCOCC1CO1)OCCCCC(C)(C)OCCCCOCC(O)CO. The van der Waals surface area contributed by atoms with Crippen LogP contribution in [0.5, 0.6) is 0 Å². The van der Waals surface area contributed by atoms with E-state index in [1.807, 2.05) is 0 Å². The van der Waals surface area contributed by atoms with Gasteiger partial charge in [-0.15, -0.1) is 0 Å². The molecule has 0 aliphatic carbocycles. The first-order valence-corrected chi connectivity index (χ1v) is 12.1. The van der Waals surface area contributed by atoms with Crippen LogP contribution >= 0.6 is 0 Å². The fourth-order valence-electron chi connectivity index (χ4n) is 3.21. The average Bonchev–Trinajstić information content (AvgIpc) is 3.53. The minimum Gasteiger partial charge on any atom is -0.394 e. The van der Waals surface area contributed by atoms with Gasteiger partial charge in [0.05, 0.1) is 37.6 Å². The van der Waals surface area contributed by atoms with Crippen molar-refractivity contribution in [2.45, 2.75) is 102 Å². The van der Waals surface area contributed by atoms with Gasteiger partial charge in [-0.2, -0.15) is 0 Å². The third-order valence-corrected chi connectivity index (χ3v) is 5.39. The Bertz CT molecular complexity index is 424. The van der Waals surface area contributed by atoms with Gasteiger partial charge in [-0.1, -0.05) is 0 Å². The molecule has 31 heavy (non-hydrogen) atoms. The summed E-state index contributed by atoms with van der Waals surface area (Å²) in [6, 6.07) is 0. The van der Waals surface area contributed by atoms with Gasteiger partial charge >= 0.3 is 0 Å². The summed E-state index contributed by atoms with van der Waals surface area (Å²) < 4.78 is 28.1. The summed E-state index contributed by atoms with van der Waals surface area (Å²) in [5.74, 6) is 0. The quantitative estimate of drug-likeness (QED) is 0.194. The Kier molecular flexibility index (Phi) is 15.2. The molecule has 0 aromatic carbocycles. The standard InChI is InChI=1S/C24H48O7/c1-23(2,11-5-7-13-28-19-22-20-29-22)30-15-8-6-12-24(3,4)31-16-10-9-14-27-18-21(26)17-25/h21-22,25-26H,5-20H2,1-4H3. The maximum atomic E-state index is 9.20. The molecular formula is C24H48O7. The predicted molar refractivity (Wildman–Crippen MR) is 121 cm³/mol. The third-order valence-electron chi connectivity index (χ3n) is 5.39. The van der Waals surface area contributed by atoms with E-state index in [4.69, 9.17) is 28.8 Å². The average molecular weight is 449 g/mol. The first-order valence-electron chi connectivity index (χ1n) is 12.1. The Morgan fingerprint density at radius 1 is 0.806 bits per heavy atom. The smallest absolute Gasteiger partial charge is 0.104 e. The zero-order chi connectivity index (χ0) is 23.0. The van der Waals surface area contributed by atoms with Crippen LogP contribution < -0.4 is 0 Å². The van der Waals surface area contributed by atoms with Gasteiger partial charge in [0.1, 0.15) is 12.2 Å². The third kappa shape index (κ3) is 17.9. The van der Waals surface area contributed by atoms with Crippen LogP contribution in [0.25, 0.3) is 0 Å².